The Bertz CT molecular complexity index is 732. The largest absolute Gasteiger partial charge is 0.478 e. The third-order valence-corrected chi connectivity index (χ3v) is 2.32. The van der Waals surface area contributed by atoms with Crippen LogP contribution in [0, 0.1) is 5.82 Å². The Kier molecular flexibility index (Phi) is 2.80. The molecule has 0 saturated heterocycles. The molecule has 92 valence electrons. The molecule has 0 aliphatic carbocycles. The number of benzene rings is 1. The lowest BCUT2D eigenvalue weighted by Crippen LogP contribution is -2.22. The third kappa shape index (κ3) is 2.05. The van der Waals surface area contributed by atoms with Crippen LogP contribution in [0.15, 0.2) is 34.0 Å². The fraction of sp³-hybridized carbons (Fsp3) is 0. The van der Waals surface area contributed by atoms with E-state index in [1.807, 2.05) is 4.98 Å². The van der Waals surface area contributed by atoms with E-state index in [0.29, 0.717) is 0 Å². The van der Waals surface area contributed by atoms with Crippen molar-refractivity contribution in [1.29, 1.82) is 0 Å². The van der Waals surface area contributed by atoms with Crippen LogP contribution in [0.25, 0.3) is 11.1 Å². The smallest absolute Gasteiger partial charge is 0.335 e. The van der Waals surface area contributed by atoms with E-state index in [0.717, 1.165) is 24.4 Å². The van der Waals surface area contributed by atoms with Gasteiger partial charge in [0.05, 0.1) is 11.1 Å². The van der Waals surface area contributed by atoms with Crippen molar-refractivity contribution in [3.8, 4) is 11.1 Å². The van der Waals surface area contributed by atoms with Gasteiger partial charge >= 0.3 is 11.7 Å². The van der Waals surface area contributed by atoms with Gasteiger partial charge in [-0.15, -0.1) is 0 Å². The summed E-state index contributed by atoms with van der Waals surface area (Å²) in [6.07, 6.45) is 1.03. The second-order valence-corrected chi connectivity index (χ2v) is 3.49. The van der Waals surface area contributed by atoms with E-state index in [9.17, 15) is 18.8 Å². The van der Waals surface area contributed by atoms with E-state index in [1.54, 1.807) is 0 Å². The number of nitrogens with one attached hydrogen (secondary N) is 2. The predicted octanol–water partition coefficient (Wildman–Crippen LogP) is 0.567. The molecule has 2 aromatic rings. The van der Waals surface area contributed by atoms with Crippen LogP contribution in [0.5, 0.6) is 0 Å². The first kappa shape index (κ1) is 11.8. The highest BCUT2D eigenvalue weighted by molar-refractivity contribution is 5.89. The molecular weight excluding hydrogens is 243 g/mol. The Balaban J connectivity index is 2.70. The zero-order valence-electron chi connectivity index (χ0n) is 8.86. The summed E-state index contributed by atoms with van der Waals surface area (Å²) in [5, 5.41) is 8.79. The molecule has 7 heteroatoms. The zero-order chi connectivity index (χ0) is 13.3. The van der Waals surface area contributed by atoms with Gasteiger partial charge in [-0.05, 0) is 18.2 Å². The number of rotatable bonds is 2. The summed E-state index contributed by atoms with van der Waals surface area (Å²) in [5.41, 5.74) is -2.00. The van der Waals surface area contributed by atoms with Gasteiger partial charge in [0, 0.05) is 11.8 Å². The van der Waals surface area contributed by atoms with E-state index < -0.39 is 23.0 Å². The van der Waals surface area contributed by atoms with Crippen LogP contribution in [0.4, 0.5) is 4.39 Å². The lowest BCUT2D eigenvalue weighted by atomic mass is 10.1. The molecule has 0 unspecified atom stereocenters. The van der Waals surface area contributed by atoms with Crippen molar-refractivity contribution in [2.75, 3.05) is 0 Å². The number of carbonyl (C=O) groups is 1. The molecule has 0 bridgehead atoms. The summed E-state index contributed by atoms with van der Waals surface area (Å²) in [6.45, 7) is 0. The van der Waals surface area contributed by atoms with E-state index >= 15 is 0 Å². The van der Waals surface area contributed by atoms with E-state index in [1.165, 1.54) is 0 Å². The summed E-state index contributed by atoms with van der Waals surface area (Å²) >= 11 is 0. The SMILES string of the molecule is O=C(O)c1ccc(F)c(-c2c[nH]c(=O)[nH]c2=O)c1. The van der Waals surface area contributed by atoms with Gasteiger partial charge in [0.15, 0.2) is 0 Å². The van der Waals surface area contributed by atoms with E-state index in [2.05, 4.69) is 4.98 Å². The van der Waals surface area contributed by atoms with Gasteiger partial charge in [-0.1, -0.05) is 0 Å². The Labute approximate surface area is 98.7 Å². The monoisotopic (exact) mass is 250 g/mol. The van der Waals surface area contributed by atoms with Crippen molar-refractivity contribution in [2.24, 2.45) is 0 Å². The second-order valence-electron chi connectivity index (χ2n) is 3.49. The second kappa shape index (κ2) is 4.28. The summed E-state index contributed by atoms with van der Waals surface area (Å²) in [6, 6.07) is 3.06. The molecule has 0 fully saturated rings. The first-order valence-electron chi connectivity index (χ1n) is 4.84. The van der Waals surface area contributed by atoms with Crippen molar-refractivity contribution in [1.82, 2.24) is 9.97 Å². The topological polar surface area (TPSA) is 103 Å². The fourth-order valence-electron chi connectivity index (χ4n) is 1.47. The highest BCUT2D eigenvalue weighted by Gasteiger charge is 2.13. The minimum absolute atomic E-state index is 0.143. The van der Waals surface area contributed by atoms with Crippen LogP contribution < -0.4 is 11.2 Å². The predicted molar refractivity (Wildman–Crippen MR) is 60.0 cm³/mol. The van der Waals surface area contributed by atoms with Crippen LogP contribution in [-0.2, 0) is 0 Å². The van der Waals surface area contributed by atoms with E-state index in [4.69, 9.17) is 5.11 Å². The average molecular weight is 250 g/mol. The third-order valence-electron chi connectivity index (χ3n) is 2.32. The van der Waals surface area contributed by atoms with Crippen LogP contribution in [-0.4, -0.2) is 21.0 Å². The number of carboxylic acid groups (broad SMARTS) is 1. The number of hydrogen-bond acceptors (Lipinski definition) is 3. The van der Waals surface area contributed by atoms with Gasteiger partial charge in [0.1, 0.15) is 5.82 Å². The summed E-state index contributed by atoms with van der Waals surface area (Å²) in [5.74, 6) is -1.99. The molecule has 1 aromatic carbocycles. The Morgan fingerprint density at radius 3 is 2.56 bits per heavy atom. The molecule has 0 aliphatic heterocycles. The standard InChI is InChI=1S/C11H7FN2O4/c12-8-2-1-5(10(16)17)3-6(8)7-4-13-11(18)14-9(7)15/h1-4H,(H,16,17)(H2,13,14,15,18). The molecule has 0 spiro atoms. The van der Waals surface area contributed by atoms with Crippen molar-refractivity contribution in [2.45, 2.75) is 0 Å². The number of H-pyrrole nitrogens is 2. The van der Waals surface area contributed by atoms with Crippen LogP contribution in [0.2, 0.25) is 0 Å². The molecule has 0 atom stereocenters. The maximum atomic E-state index is 13.6. The zero-order valence-corrected chi connectivity index (χ0v) is 8.86. The number of halogens is 1. The molecule has 18 heavy (non-hydrogen) atoms. The lowest BCUT2D eigenvalue weighted by Gasteiger charge is -2.03. The number of aromatic nitrogens is 2. The first-order valence-corrected chi connectivity index (χ1v) is 4.84. The van der Waals surface area contributed by atoms with Crippen molar-refractivity contribution < 1.29 is 14.3 Å². The fourth-order valence-corrected chi connectivity index (χ4v) is 1.47. The molecule has 1 heterocycles. The highest BCUT2D eigenvalue weighted by atomic mass is 19.1. The molecule has 6 nitrogen and oxygen atoms in total. The molecular formula is C11H7FN2O4. The molecule has 1 aromatic heterocycles. The van der Waals surface area contributed by atoms with Crippen molar-refractivity contribution in [3.05, 3.63) is 56.6 Å². The molecule has 0 aliphatic rings. The van der Waals surface area contributed by atoms with E-state index in [-0.39, 0.29) is 16.7 Å². The Morgan fingerprint density at radius 1 is 1.22 bits per heavy atom. The maximum Gasteiger partial charge on any atom is 0.335 e. The molecule has 0 amide bonds. The van der Waals surface area contributed by atoms with Crippen LogP contribution in [0.1, 0.15) is 10.4 Å². The van der Waals surface area contributed by atoms with Gasteiger partial charge in [-0.25, -0.2) is 14.0 Å². The summed E-state index contributed by atoms with van der Waals surface area (Å²) in [4.78, 5) is 37.2. The average Bonchev–Trinajstić information content (AvgIpc) is 2.30. The number of hydrogen-bond donors (Lipinski definition) is 3. The Morgan fingerprint density at radius 2 is 1.94 bits per heavy atom. The molecule has 3 N–H and O–H groups in total. The number of aromatic amines is 2. The highest BCUT2D eigenvalue weighted by Crippen LogP contribution is 2.20. The summed E-state index contributed by atoms with van der Waals surface area (Å²) in [7, 11) is 0. The molecule has 0 saturated carbocycles. The molecule has 0 radical (unpaired) electrons. The minimum Gasteiger partial charge on any atom is -0.478 e. The van der Waals surface area contributed by atoms with Gasteiger partial charge in [0.25, 0.3) is 5.56 Å². The number of carboxylic acids is 1. The molecule has 2 rings (SSSR count). The first-order chi connectivity index (χ1) is 8.49. The van der Waals surface area contributed by atoms with Crippen molar-refractivity contribution in [3.63, 3.8) is 0 Å². The normalized spacial score (nSPS) is 10.3. The Hall–Kier alpha value is -2.70. The van der Waals surface area contributed by atoms with Gasteiger partial charge in [0.2, 0.25) is 0 Å². The van der Waals surface area contributed by atoms with Crippen molar-refractivity contribution >= 4 is 5.97 Å². The van der Waals surface area contributed by atoms with Gasteiger partial charge < -0.3 is 10.1 Å². The van der Waals surface area contributed by atoms with Gasteiger partial charge in [-0.3, -0.25) is 9.78 Å². The lowest BCUT2D eigenvalue weighted by molar-refractivity contribution is 0.0697. The number of aromatic carboxylic acids is 1. The van der Waals surface area contributed by atoms with Crippen LogP contribution >= 0.6 is 0 Å². The van der Waals surface area contributed by atoms with Gasteiger partial charge in [-0.2, -0.15) is 0 Å². The minimum atomic E-state index is -1.24. The summed E-state index contributed by atoms with van der Waals surface area (Å²) < 4.78 is 13.6. The quantitative estimate of drug-likeness (QED) is 0.724. The maximum absolute atomic E-state index is 13.6. The van der Waals surface area contributed by atoms with Crippen LogP contribution in [0.3, 0.4) is 0 Å².